The highest BCUT2D eigenvalue weighted by Crippen LogP contribution is 2.06. The molecule has 0 heterocycles. The molecule has 0 aromatic rings. The minimum absolute atomic E-state index is 0.175. The van der Waals surface area contributed by atoms with E-state index >= 15 is 0 Å². The molecule has 0 aliphatic carbocycles. The molecule has 0 saturated carbocycles. The predicted octanol–water partition coefficient (Wildman–Crippen LogP) is 2.38. The molecule has 0 fully saturated rings. The summed E-state index contributed by atoms with van der Waals surface area (Å²) in [6.45, 7) is 2.57. The lowest BCUT2D eigenvalue weighted by Gasteiger charge is -2.28. The molecule has 1 atom stereocenters. The highest BCUT2D eigenvalue weighted by Gasteiger charge is 2.23. The van der Waals surface area contributed by atoms with Crippen molar-refractivity contribution in [2.45, 2.75) is 38.7 Å². The zero-order valence-corrected chi connectivity index (χ0v) is 13.5. The van der Waals surface area contributed by atoms with Crippen LogP contribution in [-0.2, 0) is 14.3 Å². The predicted molar refractivity (Wildman–Crippen MR) is 82.8 cm³/mol. The number of nitrogens with zero attached hydrogens (tertiary/aromatic N) is 1. The monoisotopic (exact) mass is 298 g/mol. The quantitative estimate of drug-likeness (QED) is 0.291. The number of allylic oxidation sites excluding steroid dienone is 3. The lowest BCUT2D eigenvalue weighted by Crippen LogP contribution is -2.43. The third-order valence-corrected chi connectivity index (χ3v) is 2.58. The van der Waals surface area contributed by atoms with E-state index in [1.165, 1.54) is 6.08 Å². The van der Waals surface area contributed by atoms with Gasteiger partial charge in [-0.15, -0.1) is 0 Å². The average molecular weight is 298 g/mol. The molecular formula is C16H28NO4+. The number of aliphatic carboxylic acids is 1. The molecule has 0 spiro atoms. The Morgan fingerprint density at radius 2 is 1.86 bits per heavy atom. The number of carbonyl (C=O) groups excluding carboxylic acids is 1. The summed E-state index contributed by atoms with van der Waals surface area (Å²) < 4.78 is 5.76. The Balaban J connectivity index is 4.32. The number of hydrogen-bond donors (Lipinski definition) is 1. The topological polar surface area (TPSA) is 63.6 Å². The highest BCUT2D eigenvalue weighted by molar-refractivity contribution is 5.82. The lowest BCUT2D eigenvalue weighted by atomic mass is 10.2. The molecule has 0 radical (unpaired) electrons. The van der Waals surface area contributed by atoms with Gasteiger partial charge in [-0.25, -0.2) is 4.79 Å². The molecule has 0 aromatic carbocycles. The fourth-order valence-corrected chi connectivity index (χ4v) is 1.78. The maximum Gasteiger partial charge on any atom is 0.330 e. The third kappa shape index (κ3) is 13.1. The van der Waals surface area contributed by atoms with Gasteiger partial charge in [0.25, 0.3) is 0 Å². The number of ether oxygens (including phenoxy) is 1. The molecule has 0 aliphatic heterocycles. The number of carbonyl (C=O) groups is 2. The molecule has 0 saturated heterocycles. The van der Waals surface area contributed by atoms with Crippen LogP contribution in [0.2, 0.25) is 0 Å². The largest absolute Gasteiger partial charge is 0.481 e. The fourth-order valence-electron chi connectivity index (χ4n) is 1.78. The lowest BCUT2D eigenvalue weighted by molar-refractivity contribution is -0.873. The van der Waals surface area contributed by atoms with Gasteiger partial charge in [-0.05, 0) is 12.8 Å². The Bertz CT molecular complexity index is 380. The Hall–Kier alpha value is -1.62. The Morgan fingerprint density at radius 1 is 1.19 bits per heavy atom. The molecule has 0 aliphatic rings. The minimum Gasteiger partial charge on any atom is -0.481 e. The van der Waals surface area contributed by atoms with Crippen molar-refractivity contribution in [2.75, 3.05) is 27.7 Å². The first kappa shape index (κ1) is 19.4. The average Bonchev–Trinajstić information content (AvgIpc) is 2.30. The van der Waals surface area contributed by atoms with E-state index in [1.807, 2.05) is 27.2 Å². The van der Waals surface area contributed by atoms with Crippen LogP contribution in [0, 0.1) is 0 Å². The molecule has 1 unspecified atom stereocenters. The molecule has 0 amide bonds. The SMILES string of the molecule is CCC/C=C/C/C=C/C(=O)OC(CC(=O)O)C[N+](C)(C)C. The van der Waals surface area contributed by atoms with E-state index in [-0.39, 0.29) is 6.42 Å². The van der Waals surface area contributed by atoms with Crippen molar-refractivity contribution in [3.05, 3.63) is 24.3 Å². The van der Waals surface area contributed by atoms with Crippen molar-refractivity contribution in [3.63, 3.8) is 0 Å². The molecule has 120 valence electrons. The first-order chi connectivity index (χ1) is 9.74. The zero-order valence-electron chi connectivity index (χ0n) is 13.5. The summed E-state index contributed by atoms with van der Waals surface area (Å²) in [7, 11) is 5.78. The van der Waals surface area contributed by atoms with Gasteiger partial charge >= 0.3 is 11.9 Å². The van der Waals surface area contributed by atoms with Crippen LogP contribution >= 0.6 is 0 Å². The Labute approximate surface area is 127 Å². The van der Waals surface area contributed by atoms with Crippen molar-refractivity contribution in [2.24, 2.45) is 0 Å². The Kier molecular flexibility index (Phi) is 9.37. The van der Waals surface area contributed by atoms with Gasteiger partial charge in [0, 0.05) is 6.08 Å². The van der Waals surface area contributed by atoms with E-state index in [2.05, 4.69) is 13.0 Å². The summed E-state index contributed by atoms with van der Waals surface area (Å²) in [4.78, 5) is 22.5. The summed E-state index contributed by atoms with van der Waals surface area (Å²) in [6.07, 6.45) is 9.16. The summed E-state index contributed by atoms with van der Waals surface area (Å²) in [6, 6.07) is 0. The second-order valence-corrected chi connectivity index (χ2v) is 6.03. The minimum atomic E-state index is -0.965. The maximum absolute atomic E-state index is 11.7. The van der Waals surface area contributed by atoms with Crippen LogP contribution in [0.4, 0.5) is 0 Å². The number of carboxylic acids is 1. The van der Waals surface area contributed by atoms with Gasteiger partial charge in [-0.1, -0.05) is 31.6 Å². The summed E-state index contributed by atoms with van der Waals surface area (Å²) >= 11 is 0. The molecule has 1 N–H and O–H groups in total. The second kappa shape index (κ2) is 10.2. The van der Waals surface area contributed by atoms with E-state index in [1.54, 1.807) is 6.08 Å². The van der Waals surface area contributed by atoms with Crippen LogP contribution < -0.4 is 0 Å². The fraction of sp³-hybridized carbons (Fsp3) is 0.625. The first-order valence-corrected chi connectivity index (χ1v) is 7.29. The van der Waals surface area contributed by atoms with Crippen molar-refractivity contribution in [1.29, 1.82) is 0 Å². The van der Waals surface area contributed by atoms with Gasteiger partial charge < -0.3 is 14.3 Å². The van der Waals surface area contributed by atoms with E-state index in [0.29, 0.717) is 17.4 Å². The summed E-state index contributed by atoms with van der Waals surface area (Å²) in [5, 5.41) is 8.86. The number of quaternary nitrogens is 1. The number of carboxylic acid groups (broad SMARTS) is 1. The van der Waals surface area contributed by atoms with Crippen molar-refractivity contribution >= 4 is 11.9 Å². The normalized spacial score (nSPS) is 13.7. The molecule has 21 heavy (non-hydrogen) atoms. The van der Waals surface area contributed by atoms with Crippen LogP contribution in [0.15, 0.2) is 24.3 Å². The standard InChI is InChI=1S/C16H27NO4/c1-5-6-7-8-9-10-11-16(20)21-14(12-15(18)19)13-17(2,3)4/h7-8,10-11,14H,5-6,9,12-13H2,1-4H3/p+1/b8-7+,11-10+. The van der Waals surface area contributed by atoms with Crippen LogP contribution in [0.3, 0.4) is 0 Å². The van der Waals surface area contributed by atoms with Gasteiger partial charge in [0.15, 0.2) is 6.10 Å². The first-order valence-electron chi connectivity index (χ1n) is 7.29. The van der Waals surface area contributed by atoms with E-state index < -0.39 is 18.0 Å². The van der Waals surface area contributed by atoms with Gasteiger partial charge in [0.05, 0.1) is 27.6 Å². The van der Waals surface area contributed by atoms with Gasteiger partial charge in [-0.3, -0.25) is 4.79 Å². The van der Waals surface area contributed by atoms with Gasteiger partial charge in [0.1, 0.15) is 6.54 Å². The summed E-state index contributed by atoms with van der Waals surface area (Å²) in [5.74, 6) is -1.45. The number of hydrogen-bond acceptors (Lipinski definition) is 3. The van der Waals surface area contributed by atoms with Gasteiger partial charge in [0.2, 0.25) is 0 Å². The van der Waals surface area contributed by atoms with Crippen molar-refractivity contribution < 1.29 is 23.9 Å². The Morgan fingerprint density at radius 3 is 2.38 bits per heavy atom. The zero-order chi connectivity index (χ0) is 16.3. The number of rotatable bonds is 10. The molecule has 5 heteroatoms. The third-order valence-electron chi connectivity index (χ3n) is 2.58. The molecule has 5 nitrogen and oxygen atoms in total. The van der Waals surface area contributed by atoms with E-state index in [0.717, 1.165) is 12.8 Å². The van der Waals surface area contributed by atoms with Crippen molar-refractivity contribution in [1.82, 2.24) is 0 Å². The molecule has 0 bridgehead atoms. The summed E-state index contributed by atoms with van der Waals surface area (Å²) in [5.41, 5.74) is 0. The molecule has 0 rings (SSSR count). The maximum atomic E-state index is 11.7. The smallest absolute Gasteiger partial charge is 0.330 e. The number of unbranched alkanes of at least 4 members (excludes halogenated alkanes) is 1. The van der Waals surface area contributed by atoms with Crippen LogP contribution in [-0.4, -0.2) is 55.3 Å². The van der Waals surface area contributed by atoms with Crippen LogP contribution in [0.1, 0.15) is 32.6 Å². The number of likely N-dealkylation sites (N-methyl/N-ethyl adjacent to an activating group) is 1. The van der Waals surface area contributed by atoms with E-state index in [9.17, 15) is 9.59 Å². The number of esters is 1. The van der Waals surface area contributed by atoms with Crippen molar-refractivity contribution in [3.8, 4) is 0 Å². The molecular weight excluding hydrogens is 270 g/mol. The van der Waals surface area contributed by atoms with Crippen LogP contribution in [0.25, 0.3) is 0 Å². The van der Waals surface area contributed by atoms with E-state index in [4.69, 9.17) is 9.84 Å². The van der Waals surface area contributed by atoms with Gasteiger partial charge in [-0.2, -0.15) is 0 Å². The van der Waals surface area contributed by atoms with Crippen LogP contribution in [0.5, 0.6) is 0 Å². The molecule has 0 aromatic heterocycles. The highest BCUT2D eigenvalue weighted by atomic mass is 16.5. The second-order valence-electron chi connectivity index (χ2n) is 6.03.